The molecule has 1 saturated heterocycles. The molecule has 1 aliphatic rings. The number of nitrogens with two attached hydrogens (primary N) is 1. The number of likely N-dealkylation sites (tertiary alicyclic amines) is 1. The van der Waals surface area contributed by atoms with Crippen LogP contribution in [-0.2, 0) is 11.3 Å². The van der Waals surface area contributed by atoms with E-state index < -0.39 is 5.91 Å². The number of hydrazine groups is 1. The predicted octanol–water partition coefficient (Wildman–Crippen LogP) is 0.279. The van der Waals surface area contributed by atoms with E-state index in [0.29, 0.717) is 18.4 Å². The number of carbonyl (C=O) groups excluding carboxylic acids is 1. The number of ether oxygens (including phenoxy) is 1. The molecule has 0 atom stereocenters. The molecule has 2 heterocycles. The Hall–Kier alpha value is -1.44. The third kappa shape index (κ3) is 3.76. The van der Waals surface area contributed by atoms with Crippen molar-refractivity contribution in [3.63, 3.8) is 0 Å². The zero-order chi connectivity index (χ0) is 13.7. The topological polar surface area (TPSA) is 93.6 Å². The molecule has 3 N–H and O–H groups in total. The number of nitrogens with one attached hydrogen (secondary N) is 1. The Kier molecular flexibility index (Phi) is 4.89. The van der Waals surface area contributed by atoms with E-state index in [2.05, 4.69) is 10.1 Å². The summed E-state index contributed by atoms with van der Waals surface area (Å²) in [7, 11) is 0. The van der Waals surface area contributed by atoms with Gasteiger partial charge in [0, 0.05) is 25.8 Å². The maximum atomic E-state index is 11.2. The molecule has 1 aromatic heterocycles. The number of rotatable bonds is 5. The zero-order valence-electron chi connectivity index (χ0n) is 11.1. The van der Waals surface area contributed by atoms with Gasteiger partial charge in [-0.3, -0.25) is 15.1 Å². The lowest BCUT2D eigenvalue weighted by molar-refractivity contribution is 0.0108. The molecule has 19 heavy (non-hydrogen) atoms. The number of piperidine rings is 1. The molecule has 1 amide bonds. The van der Waals surface area contributed by atoms with Crippen LogP contribution < -0.4 is 11.3 Å². The number of aromatic nitrogens is 1. The molecule has 0 unspecified atom stereocenters. The van der Waals surface area contributed by atoms with E-state index in [4.69, 9.17) is 15.1 Å². The standard InChI is InChI=1S/C12H20N4O3/c1-2-18-9-3-5-16(6-4-9)8-10-7-11(15-19-10)12(17)14-13/h7,9H,2-6,8,13H2,1H3,(H,14,17). The zero-order valence-corrected chi connectivity index (χ0v) is 11.1. The average Bonchev–Trinajstić information content (AvgIpc) is 2.89. The fourth-order valence-corrected chi connectivity index (χ4v) is 2.26. The monoisotopic (exact) mass is 268 g/mol. The number of nitrogen functional groups attached to an aromatic ring is 1. The second-order valence-electron chi connectivity index (χ2n) is 4.58. The Labute approximate surface area is 112 Å². The van der Waals surface area contributed by atoms with Gasteiger partial charge in [-0.2, -0.15) is 0 Å². The highest BCUT2D eigenvalue weighted by atomic mass is 16.5. The second-order valence-corrected chi connectivity index (χ2v) is 4.58. The molecule has 2 rings (SSSR count). The van der Waals surface area contributed by atoms with E-state index in [1.54, 1.807) is 6.07 Å². The summed E-state index contributed by atoms with van der Waals surface area (Å²) >= 11 is 0. The van der Waals surface area contributed by atoms with Gasteiger partial charge in [0.1, 0.15) is 0 Å². The first-order chi connectivity index (χ1) is 9.22. The van der Waals surface area contributed by atoms with Crippen LogP contribution in [0.25, 0.3) is 0 Å². The Morgan fingerprint density at radius 1 is 1.63 bits per heavy atom. The predicted molar refractivity (Wildman–Crippen MR) is 68.1 cm³/mol. The van der Waals surface area contributed by atoms with Gasteiger partial charge in [-0.15, -0.1) is 0 Å². The van der Waals surface area contributed by atoms with Crippen LogP contribution >= 0.6 is 0 Å². The van der Waals surface area contributed by atoms with Crippen molar-refractivity contribution in [3.8, 4) is 0 Å². The van der Waals surface area contributed by atoms with Gasteiger partial charge < -0.3 is 9.26 Å². The third-order valence-electron chi connectivity index (χ3n) is 3.24. The van der Waals surface area contributed by atoms with E-state index in [9.17, 15) is 4.79 Å². The van der Waals surface area contributed by atoms with Crippen LogP contribution in [0.3, 0.4) is 0 Å². The van der Waals surface area contributed by atoms with E-state index >= 15 is 0 Å². The first kappa shape index (κ1) is 14.0. The highest BCUT2D eigenvalue weighted by Gasteiger charge is 2.21. The minimum atomic E-state index is -0.440. The SMILES string of the molecule is CCOC1CCN(Cc2cc(C(=O)NN)no2)CC1. The van der Waals surface area contributed by atoms with Gasteiger partial charge in [0.2, 0.25) is 0 Å². The number of carbonyl (C=O) groups is 1. The van der Waals surface area contributed by atoms with Gasteiger partial charge in [-0.25, -0.2) is 5.84 Å². The number of amides is 1. The van der Waals surface area contributed by atoms with Crippen LogP contribution in [-0.4, -0.2) is 41.8 Å². The van der Waals surface area contributed by atoms with Gasteiger partial charge in [-0.1, -0.05) is 5.16 Å². The summed E-state index contributed by atoms with van der Waals surface area (Å²) in [5.41, 5.74) is 2.24. The first-order valence-electron chi connectivity index (χ1n) is 6.53. The van der Waals surface area contributed by atoms with Gasteiger partial charge in [0.15, 0.2) is 11.5 Å². The summed E-state index contributed by atoms with van der Waals surface area (Å²) in [4.78, 5) is 13.5. The van der Waals surface area contributed by atoms with Crippen LogP contribution in [0.15, 0.2) is 10.6 Å². The van der Waals surface area contributed by atoms with Crippen LogP contribution in [0.5, 0.6) is 0 Å². The molecule has 1 aromatic rings. The molecule has 0 saturated carbocycles. The Morgan fingerprint density at radius 3 is 3.00 bits per heavy atom. The molecule has 106 valence electrons. The molecule has 0 radical (unpaired) electrons. The van der Waals surface area contributed by atoms with Gasteiger partial charge >= 0.3 is 0 Å². The van der Waals surface area contributed by atoms with Gasteiger partial charge in [0.25, 0.3) is 5.91 Å². The number of hydrogen-bond donors (Lipinski definition) is 2. The molecule has 0 spiro atoms. The number of nitrogens with zero attached hydrogens (tertiary/aromatic N) is 2. The maximum Gasteiger partial charge on any atom is 0.287 e. The van der Waals surface area contributed by atoms with Crippen molar-refractivity contribution in [1.82, 2.24) is 15.5 Å². The maximum absolute atomic E-state index is 11.2. The molecular formula is C12H20N4O3. The van der Waals surface area contributed by atoms with Crippen LogP contribution in [0.2, 0.25) is 0 Å². The van der Waals surface area contributed by atoms with E-state index in [1.165, 1.54) is 0 Å². The van der Waals surface area contributed by atoms with Crippen molar-refractivity contribution >= 4 is 5.91 Å². The normalized spacial score (nSPS) is 17.6. The lowest BCUT2D eigenvalue weighted by Gasteiger charge is -2.30. The fourth-order valence-electron chi connectivity index (χ4n) is 2.26. The molecule has 1 fully saturated rings. The summed E-state index contributed by atoms with van der Waals surface area (Å²) in [6.07, 6.45) is 2.42. The summed E-state index contributed by atoms with van der Waals surface area (Å²) < 4.78 is 10.7. The third-order valence-corrected chi connectivity index (χ3v) is 3.24. The highest BCUT2D eigenvalue weighted by molar-refractivity contribution is 5.91. The molecular weight excluding hydrogens is 248 g/mol. The van der Waals surface area contributed by atoms with E-state index in [0.717, 1.165) is 32.5 Å². The van der Waals surface area contributed by atoms with E-state index in [1.807, 2.05) is 12.3 Å². The van der Waals surface area contributed by atoms with Crippen molar-refractivity contribution in [3.05, 3.63) is 17.5 Å². The number of hydrogen-bond acceptors (Lipinski definition) is 6. The smallest absolute Gasteiger partial charge is 0.287 e. The summed E-state index contributed by atoms with van der Waals surface area (Å²) in [6, 6.07) is 1.62. The molecule has 0 aromatic carbocycles. The fraction of sp³-hybridized carbons (Fsp3) is 0.667. The van der Waals surface area contributed by atoms with Crippen molar-refractivity contribution in [2.75, 3.05) is 19.7 Å². The Bertz CT molecular complexity index is 413. The summed E-state index contributed by atoms with van der Waals surface area (Å²) in [5.74, 6) is 5.27. The van der Waals surface area contributed by atoms with Crippen LogP contribution in [0.1, 0.15) is 36.0 Å². The molecule has 0 aliphatic carbocycles. The largest absolute Gasteiger partial charge is 0.378 e. The lowest BCUT2D eigenvalue weighted by Crippen LogP contribution is -2.36. The first-order valence-corrected chi connectivity index (χ1v) is 6.53. The van der Waals surface area contributed by atoms with Crippen LogP contribution in [0, 0.1) is 0 Å². The van der Waals surface area contributed by atoms with Crippen molar-refractivity contribution in [2.24, 2.45) is 5.84 Å². The van der Waals surface area contributed by atoms with Gasteiger partial charge in [-0.05, 0) is 19.8 Å². The molecule has 7 nitrogen and oxygen atoms in total. The quantitative estimate of drug-likeness (QED) is 0.452. The summed E-state index contributed by atoms with van der Waals surface area (Å²) in [6.45, 7) is 5.37. The average molecular weight is 268 g/mol. The van der Waals surface area contributed by atoms with E-state index in [-0.39, 0.29) is 5.69 Å². The molecule has 0 bridgehead atoms. The van der Waals surface area contributed by atoms with Crippen molar-refractivity contribution in [2.45, 2.75) is 32.4 Å². The minimum absolute atomic E-state index is 0.210. The summed E-state index contributed by atoms with van der Waals surface area (Å²) in [5, 5.41) is 3.68. The van der Waals surface area contributed by atoms with Crippen molar-refractivity contribution < 1.29 is 14.1 Å². The van der Waals surface area contributed by atoms with Crippen molar-refractivity contribution in [1.29, 1.82) is 0 Å². The molecule has 7 heteroatoms. The lowest BCUT2D eigenvalue weighted by atomic mass is 10.1. The molecule has 1 aliphatic heterocycles. The Balaban J connectivity index is 1.82. The van der Waals surface area contributed by atoms with Gasteiger partial charge in [0.05, 0.1) is 12.6 Å². The van der Waals surface area contributed by atoms with Crippen LogP contribution in [0.4, 0.5) is 0 Å². The Morgan fingerprint density at radius 2 is 2.37 bits per heavy atom. The highest BCUT2D eigenvalue weighted by Crippen LogP contribution is 2.16. The second kappa shape index (κ2) is 6.65. The minimum Gasteiger partial charge on any atom is -0.378 e.